The van der Waals surface area contributed by atoms with E-state index in [2.05, 4.69) is 25.3 Å². The number of nitrogens with zero attached hydrogens (tertiary/aromatic N) is 2. The standard InChI is InChI=1S/C9H11F3N4O3/c1-5(17)14-4-7(18)13-3-2-6-15-8(19-16-6)9(10,11)12/h2-4H2,1H3,(H,13,18)(H,14,17). The summed E-state index contributed by atoms with van der Waals surface area (Å²) in [6, 6.07) is 0. The summed E-state index contributed by atoms with van der Waals surface area (Å²) < 4.78 is 40.4. The lowest BCUT2D eigenvalue weighted by atomic mass is 10.4. The van der Waals surface area contributed by atoms with Crippen LogP contribution in [0, 0.1) is 0 Å². The topological polar surface area (TPSA) is 97.1 Å². The summed E-state index contributed by atoms with van der Waals surface area (Å²) in [5.74, 6) is -2.41. The number of hydrogen-bond donors (Lipinski definition) is 2. The van der Waals surface area contributed by atoms with Crippen LogP contribution in [0.25, 0.3) is 0 Å². The molecule has 19 heavy (non-hydrogen) atoms. The van der Waals surface area contributed by atoms with Gasteiger partial charge in [-0.2, -0.15) is 18.2 Å². The Morgan fingerprint density at radius 3 is 2.53 bits per heavy atom. The van der Waals surface area contributed by atoms with Crippen LogP contribution in [0.4, 0.5) is 13.2 Å². The van der Waals surface area contributed by atoms with Crippen molar-refractivity contribution in [2.75, 3.05) is 13.1 Å². The fourth-order valence-electron chi connectivity index (χ4n) is 1.05. The van der Waals surface area contributed by atoms with Crippen LogP contribution >= 0.6 is 0 Å². The number of halogens is 3. The van der Waals surface area contributed by atoms with E-state index in [4.69, 9.17) is 0 Å². The van der Waals surface area contributed by atoms with E-state index >= 15 is 0 Å². The highest BCUT2D eigenvalue weighted by atomic mass is 19.4. The molecule has 1 aromatic rings. The van der Waals surface area contributed by atoms with E-state index < -0.39 is 18.0 Å². The molecule has 0 bridgehead atoms. The van der Waals surface area contributed by atoms with Crippen LogP contribution in [0.15, 0.2) is 4.52 Å². The summed E-state index contributed by atoms with van der Waals surface area (Å²) in [7, 11) is 0. The van der Waals surface area contributed by atoms with Crippen molar-refractivity contribution in [1.29, 1.82) is 0 Å². The predicted octanol–water partition coefficient (Wildman–Crippen LogP) is -0.117. The van der Waals surface area contributed by atoms with Crippen LogP contribution in [0.5, 0.6) is 0 Å². The van der Waals surface area contributed by atoms with Gasteiger partial charge in [-0.25, -0.2) is 0 Å². The summed E-state index contributed by atoms with van der Waals surface area (Å²) in [4.78, 5) is 24.8. The number of carbonyl (C=O) groups is 2. The first-order valence-corrected chi connectivity index (χ1v) is 5.20. The monoisotopic (exact) mass is 280 g/mol. The average Bonchev–Trinajstić information content (AvgIpc) is 2.74. The lowest BCUT2D eigenvalue weighted by molar-refractivity contribution is -0.159. The Bertz CT molecular complexity index is 458. The fourth-order valence-corrected chi connectivity index (χ4v) is 1.05. The van der Waals surface area contributed by atoms with Crippen molar-refractivity contribution in [3.63, 3.8) is 0 Å². The average molecular weight is 280 g/mol. The Kier molecular flexibility index (Phi) is 4.84. The highest BCUT2D eigenvalue weighted by Crippen LogP contribution is 2.27. The van der Waals surface area contributed by atoms with Gasteiger partial charge in [-0.3, -0.25) is 9.59 Å². The first kappa shape index (κ1) is 14.9. The number of rotatable bonds is 5. The third-order valence-corrected chi connectivity index (χ3v) is 1.88. The van der Waals surface area contributed by atoms with Crippen molar-refractivity contribution in [3.8, 4) is 0 Å². The van der Waals surface area contributed by atoms with Crippen LogP contribution in [0.2, 0.25) is 0 Å². The lowest BCUT2D eigenvalue weighted by Crippen LogP contribution is -2.36. The molecule has 0 radical (unpaired) electrons. The molecule has 0 aromatic carbocycles. The van der Waals surface area contributed by atoms with Gasteiger partial charge in [0.15, 0.2) is 5.82 Å². The second-order valence-electron chi connectivity index (χ2n) is 3.52. The normalized spacial score (nSPS) is 11.2. The van der Waals surface area contributed by atoms with Crippen molar-refractivity contribution in [3.05, 3.63) is 11.7 Å². The van der Waals surface area contributed by atoms with Gasteiger partial charge in [-0.15, -0.1) is 0 Å². The number of carbonyl (C=O) groups excluding carboxylic acids is 2. The Morgan fingerprint density at radius 1 is 1.32 bits per heavy atom. The molecule has 1 aromatic heterocycles. The summed E-state index contributed by atoms with van der Waals surface area (Å²) in [5, 5.41) is 7.77. The zero-order valence-electron chi connectivity index (χ0n) is 9.87. The molecule has 0 unspecified atom stereocenters. The molecule has 0 saturated carbocycles. The molecule has 0 atom stereocenters. The Labute approximate surface area is 105 Å². The number of amides is 2. The van der Waals surface area contributed by atoms with Gasteiger partial charge in [0, 0.05) is 19.9 Å². The number of alkyl halides is 3. The van der Waals surface area contributed by atoms with Gasteiger partial charge in [-0.05, 0) is 0 Å². The maximum absolute atomic E-state index is 12.1. The molecular weight excluding hydrogens is 269 g/mol. The van der Waals surface area contributed by atoms with Crippen molar-refractivity contribution < 1.29 is 27.3 Å². The zero-order valence-corrected chi connectivity index (χ0v) is 9.87. The SMILES string of the molecule is CC(=O)NCC(=O)NCCc1noc(C(F)(F)F)n1. The van der Waals surface area contributed by atoms with Gasteiger partial charge < -0.3 is 15.2 Å². The highest BCUT2D eigenvalue weighted by molar-refractivity contribution is 5.83. The fraction of sp³-hybridized carbons (Fsp3) is 0.556. The van der Waals surface area contributed by atoms with Crippen LogP contribution in [-0.4, -0.2) is 35.0 Å². The van der Waals surface area contributed by atoms with E-state index in [0.717, 1.165) is 0 Å². The molecule has 1 rings (SSSR count). The van der Waals surface area contributed by atoms with Gasteiger partial charge in [0.05, 0.1) is 6.54 Å². The second-order valence-corrected chi connectivity index (χ2v) is 3.52. The lowest BCUT2D eigenvalue weighted by Gasteiger charge is -2.03. The Balaban J connectivity index is 2.31. The van der Waals surface area contributed by atoms with Crippen LogP contribution in [0.1, 0.15) is 18.6 Å². The largest absolute Gasteiger partial charge is 0.471 e. The minimum atomic E-state index is -4.68. The third kappa shape index (κ3) is 5.36. The van der Waals surface area contributed by atoms with E-state index in [-0.39, 0.29) is 31.2 Å². The van der Waals surface area contributed by atoms with Crippen LogP contribution < -0.4 is 10.6 Å². The summed E-state index contributed by atoms with van der Waals surface area (Å²) in [6.07, 6.45) is -4.69. The molecule has 0 fully saturated rings. The summed E-state index contributed by atoms with van der Waals surface area (Å²) in [6.45, 7) is 1.09. The minimum Gasteiger partial charge on any atom is -0.354 e. The van der Waals surface area contributed by atoms with Gasteiger partial charge in [0.1, 0.15) is 0 Å². The molecule has 0 aliphatic rings. The van der Waals surface area contributed by atoms with Gasteiger partial charge >= 0.3 is 12.1 Å². The van der Waals surface area contributed by atoms with E-state index in [9.17, 15) is 22.8 Å². The van der Waals surface area contributed by atoms with Crippen molar-refractivity contribution in [2.45, 2.75) is 19.5 Å². The van der Waals surface area contributed by atoms with Gasteiger partial charge in [0.2, 0.25) is 11.8 Å². The quantitative estimate of drug-likeness (QED) is 0.784. The van der Waals surface area contributed by atoms with E-state index in [1.807, 2.05) is 0 Å². The van der Waals surface area contributed by atoms with Crippen molar-refractivity contribution in [2.24, 2.45) is 0 Å². The molecule has 2 N–H and O–H groups in total. The number of aromatic nitrogens is 2. The van der Waals surface area contributed by atoms with Crippen LogP contribution in [-0.2, 0) is 22.2 Å². The van der Waals surface area contributed by atoms with Gasteiger partial charge in [-0.1, -0.05) is 5.16 Å². The maximum Gasteiger partial charge on any atom is 0.471 e. The first-order valence-electron chi connectivity index (χ1n) is 5.20. The Morgan fingerprint density at radius 2 is 2.00 bits per heavy atom. The molecule has 0 aliphatic carbocycles. The Hall–Kier alpha value is -2.13. The van der Waals surface area contributed by atoms with Crippen LogP contribution in [0.3, 0.4) is 0 Å². The molecule has 0 spiro atoms. The smallest absolute Gasteiger partial charge is 0.354 e. The minimum absolute atomic E-state index is 0.00854. The molecule has 2 amide bonds. The summed E-state index contributed by atoms with van der Waals surface area (Å²) >= 11 is 0. The maximum atomic E-state index is 12.1. The zero-order chi connectivity index (χ0) is 14.5. The van der Waals surface area contributed by atoms with Crippen molar-refractivity contribution in [1.82, 2.24) is 20.8 Å². The second kappa shape index (κ2) is 6.16. The molecule has 0 aliphatic heterocycles. The van der Waals surface area contributed by atoms with E-state index in [0.29, 0.717) is 0 Å². The van der Waals surface area contributed by atoms with Gasteiger partial charge in [0.25, 0.3) is 0 Å². The number of nitrogens with one attached hydrogen (secondary N) is 2. The molecular formula is C9H11F3N4O3. The molecule has 1 heterocycles. The first-order chi connectivity index (χ1) is 8.79. The third-order valence-electron chi connectivity index (χ3n) is 1.88. The predicted molar refractivity (Wildman–Crippen MR) is 54.7 cm³/mol. The highest BCUT2D eigenvalue weighted by Gasteiger charge is 2.38. The molecule has 10 heteroatoms. The molecule has 7 nitrogen and oxygen atoms in total. The van der Waals surface area contributed by atoms with E-state index in [1.54, 1.807) is 0 Å². The number of hydrogen-bond acceptors (Lipinski definition) is 5. The van der Waals surface area contributed by atoms with E-state index in [1.165, 1.54) is 6.92 Å². The van der Waals surface area contributed by atoms with Crippen molar-refractivity contribution >= 4 is 11.8 Å². The molecule has 106 valence electrons. The molecule has 0 saturated heterocycles. The summed E-state index contributed by atoms with van der Waals surface area (Å²) in [5.41, 5.74) is 0.